The lowest BCUT2D eigenvalue weighted by molar-refractivity contribution is -0.123. The topological polar surface area (TPSA) is 67.2 Å². The largest absolute Gasteiger partial charge is 0.352 e. The van der Waals surface area contributed by atoms with E-state index in [1.165, 1.54) is 0 Å². The molecular weight excluding hydrogens is 528 g/mol. The van der Waals surface area contributed by atoms with Crippen LogP contribution in [-0.2, 0) is 9.59 Å². The quantitative estimate of drug-likeness (QED) is 0.304. The molecule has 1 aliphatic heterocycles. The van der Waals surface area contributed by atoms with Crippen molar-refractivity contribution in [2.75, 3.05) is 17.2 Å². The monoisotopic (exact) mass is 556 g/mol. The van der Waals surface area contributed by atoms with Gasteiger partial charge in [0.2, 0.25) is 11.8 Å². The summed E-state index contributed by atoms with van der Waals surface area (Å²) in [7, 11) is 0. The molecular formula is C31H29ClN4O2S. The molecule has 1 fully saturated rings. The third-order valence-electron chi connectivity index (χ3n) is 7.20. The van der Waals surface area contributed by atoms with Crippen molar-refractivity contribution < 1.29 is 9.59 Å². The Morgan fingerprint density at radius 1 is 1.03 bits per heavy atom. The highest BCUT2D eigenvalue weighted by molar-refractivity contribution is 8.00. The number of rotatable bonds is 6. The number of hydrogen-bond acceptors (Lipinski definition) is 4. The Kier molecular flexibility index (Phi) is 6.95. The first-order chi connectivity index (χ1) is 18.9. The zero-order valence-electron chi connectivity index (χ0n) is 21.9. The molecule has 0 radical (unpaired) electrons. The van der Waals surface area contributed by atoms with Gasteiger partial charge in [0.1, 0.15) is 12.4 Å². The molecule has 1 aromatic heterocycles. The summed E-state index contributed by atoms with van der Waals surface area (Å²) >= 11 is 7.83. The molecule has 8 heteroatoms. The van der Waals surface area contributed by atoms with Gasteiger partial charge in [-0.1, -0.05) is 65.7 Å². The van der Waals surface area contributed by atoms with Crippen LogP contribution in [0.1, 0.15) is 40.3 Å². The van der Waals surface area contributed by atoms with E-state index in [4.69, 9.17) is 16.7 Å². The molecule has 6 rings (SSSR count). The van der Waals surface area contributed by atoms with E-state index in [0.717, 1.165) is 52.0 Å². The van der Waals surface area contributed by atoms with Gasteiger partial charge < -0.3 is 5.32 Å². The van der Waals surface area contributed by atoms with Crippen molar-refractivity contribution in [3.05, 3.63) is 100 Å². The summed E-state index contributed by atoms with van der Waals surface area (Å²) in [5.41, 5.74) is 6.80. The Balaban J connectivity index is 1.61. The SMILES string of the molecule is Cc1ccc(-n2nc(-c3ccc(Cl)cc3)c3c2N(CC(=O)NC2CC2)C(=O)CS[C@H]3c2ccccc2C)cc1. The van der Waals surface area contributed by atoms with Crippen LogP contribution >= 0.6 is 23.4 Å². The number of thioether (sulfide) groups is 1. The number of anilines is 1. The number of hydrogen-bond donors (Lipinski definition) is 1. The maximum Gasteiger partial charge on any atom is 0.240 e. The molecule has 2 aliphatic rings. The van der Waals surface area contributed by atoms with Crippen LogP contribution in [0.4, 0.5) is 5.82 Å². The van der Waals surface area contributed by atoms with E-state index in [1.54, 1.807) is 16.7 Å². The minimum Gasteiger partial charge on any atom is -0.352 e. The van der Waals surface area contributed by atoms with Crippen LogP contribution in [0.25, 0.3) is 16.9 Å². The number of nitrogens with one attached hydrogen (secondary N) is 1. The number of carbonyl (C=O) groups excluding carboxylic acids is 2. The molecule has 4 aromatic rings. The van der Waals surface area contributed by atoms with Gasteiger partial charge in [0.05, 0.1) is 22.4 Å². The fourth-order valence-electron chi connectivity index (χ4n) is 4.98. The Labute approximate surface area is 237 Å². The van der Waals surface area contributed by atoms with Gasteiger partial charge in [-0.2, -0.15) is 5.10 Å². The number of halogens is 1. The van der Waals surface area contributed by atoms with Crippen LogP contribution in [0.15, 0.2) is 72.8 Å². The van der Waals surface area contributed by atoms with E-state index < -0.39 is 0 Å². The average molecular weight is 557 g/mol. The molecule has 0 unspecified atom stereocenters. The van der Waals surface area contributed by atoms with Crippen LogP contribution in [-0.4, -0.2) is 39.9 Å². The number of nitrogens with zero attached hydrogens (tertiary/aromatic N) is 3. The standard InChI is InChI=1S/C31H29ClN4O2S/c1-19-7-15-24(16-8-19)36-31-28(29(34-36)21-9-11-22(32)12-10-21)30(25-6-4-3-5-20(25)2)39-18-27(38)35(31)17-26(37)33-23-13-14-23/h3-12,15-16,23,30H,13-14,17-18H2,1-2H3,(H,33,37)/t30-/m0/s1. The third-order valence-corrected chi connectivity index (χ3v) is 8.69. The van der Waals surface area contributed by atoms with Crippen molar-refractivity contribution in [2.45, 2.75) is 38.0 Å². The minimum absolute atomic E-state index is 0.0546. The van der Waals surface area contributed by atoms with Crippen molar-refractivity contribution in [1.82, 2.24) is 15.1 Å². The predicted molar refractivity (Wildman–Crippen MR) is 158 cm³/mol. The second kappa shape index (κ2) is 10.5. The number of aromatic nitrogens is 2. The molecule has 198 valence electrons. The highest BCUT2D eigenvalue weighted by Gasteiger charge is 2.38. The number of amides is 2. The molecule has 0 saturated heterocycles. The highest BCUT2D eigenvalue weighted by atomic mass is 35.5. The molecule has 0 spiro atoms. The molecule has 3 aromatic carbocycles. The molecule has 0 bridgehead atoms. The molecule has 1 atom stereocenters. The summed E-state index contributed by atoms with van der Waals surface area (Å²) in [6.07, 6.45) is 1.97. The first kappa shape index (κ1) is 25.7. The Morgan fingerprint density at radius 2 is 1.74 bits per heavy atom. The van der Waals surface area contributed by atoms with E-state index in [9.17, 15) is 9.59 Å². The van der Waals surface area contributed by atoms with Gasteiger partial charge in [-0.3, -0.25) is 14.5 Å². The molecule has 39 heavy (non-hydrogen) atoms. The van der Waals surface area contributed by atoms with Crippen molar-refractivity contribution in [3.8, 4) is 16.9 Å². The summed E-state index contributed by atoms with van der Waals surface area (Å²) in [5, 5.41) is 8.67. The summed E-state index contributed by atoms with van der Waals surface area (Å²) in [5.74, 6) is 0.622. The summed E-state index contributed by atoms with van der Waals surface area (Å²) in [6.45, 7) is 4.08. The zero-order chi connectivity index (χ0) is 27.1. The van der Waals surface area contributed by atoms with Gasteiger partial charge in [0, 0.05) is 22.2 Å². The minimum atomic E-state index is -0.161. The van der Waals surface area contributed by atoms with Crippen molar-refractivity contribution in [2.24, 2.45) is 0 Å². The predicted octanol–water partition coefficient (Wildman–Crippen LogP) is 6.26. The first-order valence-corrected chi connectivity index (χ1v) is 14.5. The van der Waals surface area contributed by atoms with Gasteiger partial charge in [-0.15, -0.1) is 11.8 Å². The molecule has 1 aliphatic carbocycles. The smallest absolute Gasteiger partial charge is 0.240 e. The normalized spacial score (nSPS) is 17.1. The summed E-state index contributed by atoms with van der Waals surface area (Å²) in [6, 6.07) is 24.2. The van der Waals surface area contributed by atoms with E-state index in [0.29, 0.717) is 10.8 Å². The fourth-order valence-corrected chi connectivity index (χ4v) is 6.40. The van der Waals surface area contributed by atoms with Crippen molar-refractivity contribution in [1.29, 1.82) is 0 Å². The van der Waals surface area contributed by atoms with Gasteiger partial charge in [-0.25, -0.2) is 4.68 Å². The fraction of sp³-hybridized carbons (Fsp3) is 0.258. The molecule has 1 saturated carbocycles. The van der Waals surface area contributed by atoms with Crippen LogP contribution in [0.3, 0.4) is 0 Å². The second-order valence-electron chi connectivity index (χ2n) is 10.2. The maximum absolute atomic E-state index is 13.8. The Morgan fingerprint density at radius 3 is 2.44 bits per heavy atom. The number of fused-ring (bicyclic) bond motifs is 1. The van der Waals surface area contributed by atoms with Crippen LogP contribution < -0.4 is 10.2 Å². The molecule has 6 nitrogen and oxygen atoms in total. The van der Waals surface area contributed by atoms with Gasteiger partial charge in [0.15, 0.2) is 0 Å². The Hall–Kier alpha value is -3.55. The van der Waals surface area contributed by atoms with Crippen LogP contribution in [0.2, 0.25) is 5.02 Å². The third kappa shape index (κ3) is 5.21. The van der Waals surface area contributed by atoms with E-state index in [1.807, 2.05) is 72.3 Å². The number of benzene rings is 3. The summed E-state index contributed by atoms with van der Waals surface area (Å²) < 4.78 is 1.83. The molecule has 2 amide bonds. The van der Waals surface area contributed by atoms with Gasteiger partial charge in [-0.05, 0) is 62.1 Å². The van der Waals surface area contributed by atoms with Crippen molar-refractivity contribution >= 4 is 41.0 Å². The number of aryl methyl sites for hydroxylation is 2. The molecule has 2 heterocycles. The molecule has 1 N–H and O–H groups in total. The lowest BCUT2D eigenvalue weighted by Gasteiger charge is -2.23. The van der Waals surface area contributed by atoms with Crippen molar-refractivity contribution in [3.63, 3.8) is 0 Å². The summed E-state index contributed by atoms with van der Waals surface area (Å²) in [4.78, 5) is 28.5. The van der Waals surface area contributed by atoms with E-state index in [2.05, 4.69) is 24.4 Å². The average Bonchev–Trinajstić information content (AvgIpc) is 3.68. The Bertz CT molecular complexity index is 1540. The van der Waals surface area contributed by atoms with Crippen LogP contribution in [0, 0.1) is 13.8 Å². The maximum atomic E-state index is 13.8. The van der Waals surface area contributed by atoms with E-state index >= 15 is 0 Å². The van der Waals surface area contributed by atoms with Gasteiger partial charge >= 0.3 is 0 Å². The van der Waals surface area contributed by atoms with Crippen LogP contribution in [0.5, 0.6) is 0 Å². The first-order valence-electron chi connectivity index (χ1n) is 13.1. The lowest BCUT2D eigenvalue weighted by Crippen LogP contribution is -2.43. The zero-order valence-corrected chi connectivity index (χ0v) is 23.4. The van der Waals surface area contributed by atoms with Gasteiger partial charge in [0.25, 0.3) is 0 Å². The van der Waals surface area contributed by atoms with E-state index in [-0.39, 0.29) is 35.4 Å². The second-order valence-corrected chi connectivity index (χ2v) is 11.7. The lowest BCUT2D eigenvalue weighted by atomic mass is 9.96. The number of carbonyl (C=O) groups is 2. The highest BCUT2D eigenvalue weighted by Crippen LogP contribution is 2.49.